The Morgan fingerprint density at radius 3 is 2.44 bits per heavy atom. The van der Waals surface area contributed by atoms with Gasteiger partial charge in [-0.1, -0.05) is 42.5 Å². The Morgan fingerprint density at radius 1 is 1.00 bits per heavy atom. The summed E-state index contributed by atoms with van der Waals surface area (Å²) in [7, 11) is 1.60. The molecule has 0 unspecified atom stereocenters. The lowest BCUT2D eigenvalue weighted by atomic mass is 10.1. The van der Waals surface area contributed by atoms with Crippen molar-refractivity contribution in [1.82, 2.24) is 5.32 Å². The summed E-state index contributed by atoms with van der Waals surface area (Å²) in [6, 6.07) is 21.9. The van der Waals surface area contributed by atoms with Crippen LogP contribution < -0.4 is 20.3 Å². The van der Waals surface area contributed by atoms with Gasteiger partial charge in [0.25, 0.3) is 5.91 Å². The van der Waals surface area contributed by atoms with Crippen LogP contribution in [0.3, 0.4) is 0 Å². The van der Waals surface area contributed by atoms with Gasteiger partial charge < -0.3 is 20.3 Å². The molecule has 1 atom stereocenters. The Bertz CT molecular complexity index is 1210. The van der Waals surface area contributed by atoms with Crippen LogP contribution in [0.15, 0.2) is 72.8 Å². The van der Waals surface area contributed by atoms with E-state index < -0.39 is 5.92 Å². The van der Waals surface area contributed by atoms with Gasteiger partial charge in [0.1, 0.15) is 5.75 Å². The highest BCUT2D eigenvalue weighted by Gasteiger charge is 2.36. The molecule has 1 heterocycles. The van der Waals surface area contributed by atoms with E-state index in [1.165, 1.54) is 0 Å². The Kier molecular flexibility index (Phi) is 6.92. The van der Waals surface area contributed by atoms with Crippen LogP contribution in [0.1, 0.15) is 27.9 Å². The fourth-order valence-electron chi connectivity index (χ4n) is 4.03. The van der Waals surface area contributed by atoms with Crippen LogP contribution in [0.25, 0.3) is 0 Å². The Labute approximate surface area is 198 Å². The van der Waals surface area contributed by atoms with Crippen LogP contribution in [0, 0.1) is 12.8 Å². The third-order valence-electron chi connectivity index (χ3n) is 5.94. The predicted octanol–water partition coefficient (Wildman–Crippen LogP) is 3.93. The van der Waals surface area contributed by atoms with Crippen molar-refractivity contribution in [1.29, 1.82) is 0 Å². The van der Waals surface area contributed by atoms with Crippen LogP contribution in [-0.4, -0.2) is 31.4 Å². The monoisotopic (exact) mass is 457 g/mol. The number of carbonyl (C=O) groups is 3. The number of nitrogens with zero attached hydrogens (tertiary/aromatic N) is 1. The Hall–Kier alpha value is -4.13. The average Bonchev–Trinajstić information content (AvgIpc) is 3.25. The molecule has 3 amide bonds. The van der Waals surface area contributed by atoms with Gasteiger partial charge in [-0.3, -0.25) is 14.4 Å². The van der Waals surface area contributed by atoms with E-state index in [2.05, 4.69) is 10.6 Å². The fourth-order valence-corrected chi connectivity index (χ4v) is 4.03. The molecule has 4 rings (SSSR count). The van der Waals surface area contributed by atoms with E-state index in [-0.39, 0.29) is 24.1 Å². The summed E-state index contributed by atoms with van der Waals surface area (Å²) in [5, 5.41) is 5.74. The highest BCUT2D eigenvalue weighted by molar-refractivity contribution is 6.07. The third-order valence-corrected chi connectivity index (χ3v) is 5.94. The second kappa shape index (κ2) is 10.2. The zero-order valence-electron chi connectivity index (χ0n) is 19.2. The number of benzene rings is 3. The molecule has 1 saturated heterocycles. The summed E-state index contributed by atoms with van der Waals surface area (Å²) in [5.41, 5.74) is 3.51. The number of nitrogens with one attached hydrogen (secondary N) is 2. The summed E-state index contributed by atoms with van der Waals surface area (Å²) in [4.78, 5) is 40.1. The van der Waals surface area contributed by atoms with E-state index in [0.717, 1.165) is 22.6 Å². The first-order valence-electron chi connectivity index (χ1n) is 11.1. The van der Waals surface area contributed by atoms with Crippen molar-refractivity contribution in [3.63, 3.8) is 0 Å². The lowest BCUT2D eigenvalue weighted by Gasteiger charge is -2.19. The summed E-state index contributed by atoms with van der Waals surface area (Å²) >= 11 is 0. The minimum absolute atomic E-state index is 0.0834. The van der Waals surface area contributed by atoms with Gasteiger partial charge in [0.15, 0.2) is 0 Å². The van der Waals surface area contributed by atoms with Gasteiger partial charge in [-0.05, 0) is 48.4 Å². The van der Waals surface area contributed by atoms with Crippen LogP contribution in [0.2, 0.25) is 0 Å². The molecule has 0 radical (unpaired) electrons. The number of carbonyl (C=O) groups excluding carboxylic acids is 3. The molecule has 7 heteroatoms. The van der Waals surface area contributed by atoms with E-state index in [9.17, 15) is 14.4 Å². The van der Waals surface area contributed by atoms with E-state index in [4.69, 9.17) is 4.74 Å². The number of amides is 3. The molecule has 3 aromatic carbocycles. The number of rotatable bonds is 7. The summed E-state index contributed by atoms with van der Waals surface area (Å²) in [6.45, 7) is 2.59. The zero-order valence-corrected chi connectivity index (χ0v) is 19.2. The lowest BCUT2D eigenvalue weighted by molar-refractivity contribution is -0.122. The van der Waals surface area contributed by atoms with Crippen LogP contribution in [-0.2, 0) is 16.1 Å². The van der Waals surface area contributed by atoms with Crippen LogP contribution >= 0.6 is 0 Å². The highest BCUT2D eigenvalue weighted by Crippen LogP contribution is 2.28. The van der Waals surface area contributed by atoms with Gasteiger partial charge in [0, 0.05) is 25.2 Å². The smallest absolute Gasteiger partial charge is 0.253 e. The van der Waals surface area contributed by atoms with Crippen molar-refractivity contribution in [3.8, 4) is 5.75 Å². The van der Waals surface area contributed by atoms with Gasteiger partial charge in [0.05, 0.1) is 24.3 Å². The first-order valence-corrected chi connectivity index (χ1v) is 11.1. The molecular weight excluding hydrogens is 430 g/mol. The third kappa shape index (κ3) is 5.09. The maximum absolute atomic E-state index is 13.0. The second-order valence-electron chi connectivity index (χ2n) is 8.26. The average molecular weight is 458 g/mol. The van der Waals surface area contributed by atoms with Crippen molar-refractivity contribution < 1.29 is 19.1 Å². The van der Waals surface area contributed by atoms with Gasteiger partial charge in [-0.25, -0.2) is 0 Å². The minimum atomic E-state index is -0.498. The molecule has 0 spiro atoms. The van der Waals surface area contributed by atoms with Crippen LogP contribution in [0.4, 0.5) is 11.4 Å². The quantitative estimate of drug-likeness (QED) is 0.563. The molecule has 174 valence electrons. The number of ether oxygens (including phenoxy) is 1. The number of hydrogen-bond donors (Lipinski definition) is 2. The molecule has 0 aliphatic carbocycles. The standard InChI is InChI=1S/C27H27N3O4/c1-18-7-3-6-10-24(18)30-17-20(15-25(30)31)26(32)29-23-9-5-4-8-22(23)27(33)28-16-19-11-13-21(34-2)14-12-19/h3-14,20H,15-17H2,1-2H3,(H,28,33)(H,29,32)/t20-/m1/s1. The molecule has 7 nitrogen and oxygen atoms in total. The molecule has 2 N–H and O–H groups in total. The maximum atomic E-state index is 13.0. The highest BCUT2D eigenvalue weighted by atomic mass is 16.5. The van der Waals surface area contributed by atoms with E-state index in [1.54, 1.807) is 36.3 Å². The summed E-state index contributed by atoms with van der Waals surface area (Å²) in [6.07, 6.45) is 0.131. The van der Waals surface area contributed by atoms with Crippen molar-refractivity contribution in [2.45, 2.75) is 19.9 Å². The SMILES string of the molecule is COc1ccc(CNC(=O)c2ccccc2NC(=O)[C@@H]2CC(=O)N(c3ccccc3C)C2)cc1. The van der Waals surface area contributed by atoms with Gasteiger partial charge in [-0.2, -0.15) is 0 Å². The molecular formula is C27H27N3O4. The van der Waals surface area contributed by atoms with E-state index in [1.807, 2.05) is 55.5 Å². The number of para-hydroxylation sites is 2. The number of aryl methyl sites for hydroxylation is 1. The van der Waals surface area contributed by atoms with Crippen molar-refractivity contribution in [3.05, 3.63) is 89.5 Å². The topological polar surface area (TPSA) is 87.7 Å². The normalized spacial score (nSPS) is 15.2. The predicted molar refractivity (Wildman–Crippen MR) is 131 cm³/mol. The molecule has 0 aromatic heterocycles. The Morgan fingerprint density at radius 2 is 1.71 bits per heavy atom. The van der Waals surface area contributed by atoms with E-state index >= 15 is 0 Å². The maximum Gasteiger partial charge on any atom is 0.253 e. The first-order chi connectivity index (χ1) is 16.5. The first kappa shape index (κ1) is 23.0. The van der Waals surface area contributed by atoms with Crippen molar-refractivity contribution in [2.75, 3.05) is 23.9 Å². The van der Waals surface area contributed by atoms with Crippen molar-refractivity contribution >= 4 is 29.1 Å². The largest absolute Gasteiger partial charge is 0.497 e. The molecule has 1 aliphatic rings. The number of methoxy groups -OCH3 is 1. The van der Waals surface area contributed by atoms with Crippen LogP contribution in [0.5, 0.6) is 5.75 Å². The molecule has 3 aromatic rings. The molecule has 0 bridgehead atoms. The van der Waals surface area contributed by atoms with Gasteiger partial charge in [-0.15, -0.1) is 0 Å². The Balaban J connectivity index is 1.41. The van der Waals surface area contributed by atoms with Gasteiger partial charge >= 0.3 is 0 Å². The van der Waals surface area contributed by atoms with E-state index in [0.29, 0.717) is 24.3 Å². The summed E-state index contributed by atoms with van der Waals surface area (Å²) < 4.78 is 5.15. The molecule has 1 aliphatic heterocycles. The van der Waals surface area contributed by atoms with Gasteiger partial charge in [0.2, 0.25) is 11.8 Å². The summed E-state index contributed by atoms with van der Waals surface area (Å²) in [5.74, 6) is -0.410. The molecule has 0 saturated carbocycles. The lowest BCUT2D eigenvalue weighted by Crippen LogP contribution is -2.29. The molecule has 1 fully saturated rings. The fraction of sp³-hybridized carbons (Fsp3) is 0.222. The zero-order chi connectivity index (χ0) is 24.1. The second-order valence-corrected chi connectivity index (χ2v) is 8.26. The van der Waals surface area contributed by atoms with Crippen molar-refractivity contribution in [2.24, 2.45) is 5.92 Å². The number of anilines is 2. The molecule has 34 heavy (non-hydrogen) atoms. The number of hydrogen-bond acceptors (Lipinski definition) is 4. The minimum Gasteiger partial charge on any atom is -0.497 e.